The van der Waals surface area contributed by atoms with Crippen LogP contribution in [0.2, 0.25) is 5.02 Å². The van der Waals surface area contributed by atoms with E-state index in [-0.39, 0.29) is 18.7 Å². The fraction of sp³-hybridized carbons (Fsp3) is 0.222. The number of nitrogens with one attached hydrogen (secondary N) is 1. The van der Waals surface area contributed by atoms with Crippen molar-refractivity contribution in [3.8, 4) is 5.75 Å². The second-order valence-electron chi connectivity index (χ2n) is 5.94. The molecule has 1 fully saturated rings. The van der Waals surface area contributed by atoms with Crippen LogP contribution < -0.4 is 10.1 Å². The van der Waals surface area contributed by atoms with Crippen molar-refractivity contribution < 1.29 is 23.1 Å². The number of carbonyl (C=O) groups excluding carboxylic acids is 2. The summed E-state index contributed by atoms with van der Waals surface area (Å²) < 4.78 is 33.0. The van der Waals surface area contributed by atoms with Crippen molar-refractivity contribution >= 4 is 23.5 Å². The summed E-state index contributed by atoms with van der Waals surface area (Å²) in [6.07, 6.45) is 0. The molecule has 2 aromatic carbocycles. The molecule has 0 spiro atoms. The van der Waals surface area contributed by atoms with Gasteiger partial charge in [-0.15, -0.1) is 0 Å². The number of urea groups is 1. The lowest BCUT2D eigenvalue weighted by Gasteiger charge is -2.22. The normalized spacial score (nSPS) is 19.6. The Morgan fingerprint density at radius 1 is 1.15 bits per heavy atom. The van der Waals surface area contributed by atoms with Crippen molar-refractivity contribution in [2.45, 2.75) is 12.5 Å². The van der Waals surface area contributed by atoms with Crippen molar-refractivity contribution in [3.05, 3.63) is 64.7 Å². The van der Waals surface area contributed by atoms with Crippen molar-refractivity contribution in [2.75, 3.05) is 13.2 Å². The average Bonchev–Trinajstić information content (AvgIpc) is 2.82. The highest BCUT2D eigenvalue weighted by atomic mass is 35.5. The van der Waals surface area contributed by atoms with Gasteiger partial charge in [-0.2, -0.15) is 0 Å². The van der Waals surface area contributed by atoms with Gasteiger partial charge >= 0.3 is 6.03 Å². The fourth-order valence-corrected chi connectivity index (χ4v) is 2.87. The molecule has 1 N–H and O–H groups in total. The van der Waals surface area contributed by atoms with Crippen molar-refractivity contribution in [3.63, 3.8) is 0 Å². The predicted octanol–water partition coefficient (Wildman–Crippen LogP) is 3.46. The third-order valence-electron chi connectivity index (χ3n) is 4.14. The number of amides is 3. The lowest BCUT2D eigenvalue weighted by atomic mass is 9.91. The van der Waals surface area contributed by atoms with Crippen LogP contribution in [0.4, 0.5) is 13.6 Å². The Morgan fingerprint density at radius 3 is 2.54 bits per heavy atom. The average molecular weight is 381 g/mol. The maximum absolute atomic E-state index is 14.1. The lowest BCUT2D eigenvalue weighted by Crippen LogP contribution is -2.42. The Kier molecular flexibility index (Phi) is 4.82. The molecule has 5 nitrogen and oxygen atoms in total. The van der Waals surface area contributed by atoms with Gasteiger partial charge in [-0.05, 0) is 49.4 Å². The van der Waals surface area contributed by atoms with Gasteiger partial charge in [-0.25, -0.2) is 13.6 Å². The third kappa shape index (κ3) is 3.35. The smallest absolute Gasteiger partial charge is 0.325 e. The van der Waals surface area contributed by atoms with Gasteiger partial charge in [0.1, 0.15) is 29.5 Å². The number of hydrogen-bond acceptors (Lipinski definition) is 3. The minimum absolute atomic E-state index is 0.0418. The highest BCUT2D eigenvalue weighted by Gasteiger charge is 2.50. The zero-order chi connectivity index (χ0) is 18.9. The first kappa shape index (κ1) is 18.1. The van der Waals surface area contributed by atoms with Crippen LogP contribution >= 0.6 is 11.6 Å². The monoisotopic (exact) mass is 380 g/mol. The number of rotatable bonds is 5. The SMILES string of the molecule is C[C@@]1(c2cc(F)ccc2F)NC(=O)N(CCOc2ccc(Cl)cc2)C1=O. The maximum Gasteiger partial charge on any atom is 0.325 e. The van der Waals surface area contributed by atoms with Gasteiger partial charge in [0.25, 0.3) is 5.91 Å². The van der Waals surface area contributed by atoms with Crippen LogP contribution in [0.5, 0.6) is 5.75 Å². The molecule has 1 aliphatic rings. The number of benzene rings is 2. The van der Waals surface area contributed by atoms with Gasteiger partial charge < -0.3 is 10.1 Å². The number of ether oxygens (including phenoxy) is 1. The largest absolute Gasteiger partial charge is 0.492 e. The summed E-state index contributed by atoms with van der Waals surface area (Å²) in [7, 11) is 0. The van der Waals surface area contributed by atoms with Gasteiger partial charge in [0, 0.05) is 10.6 Å². The topological polar surface area (TPSA) is 58.6 Å². The molecular formula is C18H15ClF2N2O3. The lowest BCUT2D eigenvalue weighted by molar-refractivity contribution is -0.131. The Morgan fingerprint density at radius 2 is 1.85 bits per heavy atom. The second-order valence-corrected chi connectivity index (χ2v) is 6.37. The summed E-state index contributed by atoms with van der Waals surface area (Å²) in [6.45, 7) is 1.34. The number of imide groups is 1. The van der Waals surface area contributed by atoms with E-state index in [2.05, 4.69) is 5.32 Å². The van der Waals surface area contributed by atoms with Crippen LogP contribution in [0.3, 0.4) is 0 Å². The molecule has 0 aromatic heterocycles. The number of nitrogens with zero attached hydrogens (tertiary/aromatic N) is 1. The molecule has 1 atom stereocenters. The van der Waals surface area contributed by atoms with E-state index in [9.17, 15) is 18.4 Å². The van der Waals surface area contributed by atoms with E-state index in [0.717, 1.165) is 23.1 Å². The van der Waals surface area contributed by atoms with Gasteiger partial charge in [0.15, 0.2) is 0 Å². The Balaban J connectivity index is 1.72. The van der Waals surface area contributed by atoms with Crippen LogP contribution in [0, 0.1) is 11.6 Å². The molecule has 26 heavy (non-hydrogen) atoms. The van der Waals surface area contributed by atoms with E-state index in [1.807, 2.05) is 0 Å². The van der Waals surface area contributed by atoms with Crippen LogP contribution in [-0.2, 0) is 10.3 Å². The summed E-state index contributed by atoms with van der Waals surface area (Å²) >= 11 is 5.78. The van der Waals surface area contributed by atoms with E-state index >= 15 is 0 Å². The molecule has 136 valence electrons. The third-order valence-corrected chi connectivity index (χ3v) is 4.39. The first-order valence-electron chi connectivity index (χ1n) is 7.79. The maximum atomic E-state index is 14.1. The highest BCUT2D eigenvalue weighted by molar-refractivity contribution is 6.30. The molecule has 8 heteroatoms. The highest BCUT2D eigenvalue weighted by Crippen LogP contribution is 2.31. The Hall–Kier alpha value is -2.67. The Bertz CT molecular complexity index is 860. The van der Waals surface area contributed by atoms with Crippen molar-refractivity contribution in [1.29, 1.82) is 0 Å². The minimum Gasteiger partial charge on any atom is -0.492 e. The van der Waals surface area contributed by atoms with Gasteiger partial charge in [-0.3, -0.25) is 9.69 Å². The van der Waals surface area contributed by atoms with E-state index < -0.39 is 29.1 Å². The molecule has 2 aromatic rings. The molecule has 3 rings (SSSR count). The van der Waals surface area contributed by atoms with Gasteiger partial charge in [-0.1, -0.05) is 11.6 Å². The van der Waals surface area contributed by atoms with Crippen LogP contribution in [-0.4, -0.2) is 30.0 Å². The van der Waals surface area contributed by atoms with Crippen LogP contribution in [0.1, 0.15) is 12.5 Å². The zero-order valence-electron chi connectivity index (χ0n) is 13.8. The quantitative estimate of drug-likeness (QED) is 0.808. The first-order valence-corrected chi connectivity index (χ1v) is 8.17. The van der Waals surface area contributed by atoms with Crippen LogP contribution in [0.15, 0.2) is 42.5 Å². The molecular weight excluding hydrogens is 366 g/mol. The minimum atomic E-state index is -1.68. The van der Waals surface area contributed by atoms with E-state index in [0.29, 0.717) is 10.8 Å². The molecule has 0 saturated carbocycles. The molecule has 0 unspecified atom stereocenters. The molecule has 1 aliphatic heterocycles. The van der Waals surface area contributed by atoms with E-state index in [1.54, 1.807) is 24.3 Å². The van der Waals surface area contributed by atoms with Gasteiger partial charge in [0.2, 0.25) is 0 Å². The molecule has 1 heterocycles. The number of carbonyl (C=O) groups is 2. The molecule has 0 radical (unpaired) electrons. The fourth-order valence-electron chi connectivity index (χ4n) is 2.75. The molecule has 3 amide bonds. The summed E-state index contributed by atoms with van der Waals surface area (Å²) in [5, 5.41) is 2.98. The van der Waals surface area contributed by atoms with Crippen molar-refractivity contribution in [1.82, 2.24) is 10.2 Å². The summed E-state index contributed by atoms with van der Waals surface area (Å²) in [4.78, 5) is 25.7. The summed E-state index contributed by atoms with van der Waals surface area (Å²) in [5.74, 6) is -1.62. The first-order chi connectivity index (χ1) is 12.3. The van der Waals surface area contributed by atoms with Crippen molar-refractivity contribution in [2.24, 2.45) is 0 Å². The predicted molar refractivity (Wildman–Crippen MR) is 90.9 cm³/mol. The number of hydrogen-bond donors (Lipinski definition) is 1. The Labute approximate surface area is 153 Å². The standard InChI is InChI=1S/C18H15ClF2N2O3/c1-18(14-10-12(20)4-7-15(14)21)16(24)23(17(25)22-18)8-9-26-13-5-2-11(19)3-6-13/h2-7,10H,8-9H2,1H3,(H,22,25)/t18-/m0/s1. The summed E-state index contributed by atoms with van der Waals surface area (Å²) in [5.41, 5.74) is -1.90. The summed E-state index contributed by atoms with van der Waals surface area (Å²) in [6, 6.07) is 8.68. The van der Waals surface area contributed by atoms with Gasteiger partial charge in [0.05, 0.1) is 6.54 Å². The van der Waals surface area contributed by atoms with E-state index in [1.165, 1.54) is 6.92 Å². The van der Waals surface area contributed by atoms with E-state index in [4.69, 9.17) is 16.3 Å². The second kappa shape index (κ2) is 6.92. The molecule has 1 saturated heterocycles. The van der Waals surface area contributed by atoms with Crippen LogP contribution in [0.25, 0.3) is 0 Å². The molecule has 0 bridgehead atoms. The molecule has 0 aliphatic carbocycles. The number of halogens is 3. The zero-order valence-corrected chi connectivity index (χ0v) is 14.5.